The van der Waals surface area contributed by atoms with E-state index in [0.29, 0.717) is 0 Å². The quantitative estimate of drug-likeness (QED) is 0.862. The summed E-state index contributed by atoms with van der Waals surface area (Å²) in [6.45, 7) is 7.92. The zero-order valence-corrected chi connectivity index (χ0v) is 11.4. The number of hydrogen-bond donors (Lipinski definition) is 2. The lowest BCUT2D eigenvalue weighted by atomic mass is 9.84. The average Bonchev–Trinajstić information content (AvgIpc) is 2.58. The molecule has 0 fully saturated rings. The second kappa shape index (κ2) is 4.39. The Morgan fingerprint density at radius 1 is 1.39 bits per heavy atom. The van der Waals surface area contributed by atoms with Crippen molar-refractivity contribution in [2.24, 2.45) is 5.92 Å². The minimum absolute atomic E-state index is 0.0210. The van der Waals surface area contributed by atoms with Gasteiger partial charge in [-0.15, -0.1) is 0 Å². The molecule has 0 saturated carbocycles. The lowest BCUT2D eigenvalue weighted by molar-refractivity contribution is -0.119. The molecule has 1 aromatic carbocycles. The van der Waals surface area contributed by atoms with Gasteiger partial charge in [0.05, 0.1) is 11.5 Å². The summed E-state index contributed by atoms with van der Waals surface area (Å²) in [6, 6.07) is 5.75. The molecule has 1 amide bonds. The Labute approximate surface area is 108 Å². The van der Waals surface area contributed by atoms with Crippen LogP contribution in [-0.2, 0) is 10.2 Å². The van der Waals surface area contributed by atoms with Crippen molar-refractivity contribution in [1.82, 2.24) is 0 Å². The number of carbonyl (C=O) groups excluding carboxylic acids is 1. The normalized spacial score (nSPS) is 20.2. The highest BCUT2D eigenvalue weighted by molar-refractivity contribution is 6.05. The minimum Gasteiger partial charge on any atom is -0.388 e. The second-order valence-corrected chi connectivity index (χ2v) is 5.71. The third kappa shape index (κ3) is 1.93. The predicted molar refractivity (Wildman–Crippen MR) is 72.5 cm³/mol. The van der Waals surface area contributed by atoms with Crippen molar-refractivity contribution in [2.75, 3.05) is 5.32 Å². The summed E-state index contributed by atoms with van der Waals surface area (Å²) >= 11 is 0. The maximum Gasteiger partial charge on any atom is 0.234 e. The highest BCUT2D eigenvalue weighted by atomic mass is 16.3. The van der Waals surface area contributed by atoms with Crippen molar-refractivity contribution in [1.29, 1.82) is 0 Å². The Hall–Kier alpha value is -1.35. The first-order valence-corrected chi connectivity index (χ1v) is 6.52. The second-order valence-electron chi connectivity index (χ2n) is 5.71. The molecule has 0 saturated heterocycles. The molecule has 0 aliphatic carbocycles. The molecule has 0 aromatic heterocycles. The number of anilines is 1. The van der Waals surface area contributed by atoms with Crippen molar-refractivity contribution in [2.45, 2.75) is 45.6 Å². The van der Waals surface area contributed by atoms with Crippen LogP contribution >= 0.6 is 0 Å². The molecule has 1 aliphatic rings. The molecule has 18 heavy (non-hydrogen) atoms. The summed E-state index contributed by atoms with van der Waals surface area (Å²) in [7, 11) is 0. The number of amides is 1. The summed E-state index contributed by atoms with van der Waals surface area (Å²) in [5.41, 5.74) is 2.23. The van der Waals surface area contributed by atoms with Gasteiger partial charge >= 0.3 is 0 Å². The summed E-state index contributed by atoms with van der Waals surface area (Å²) in [6.07, 6.45) is 0.463. The Morgan fingerprint density at radius 3 is 2.67 bits per heavy atom. The summed E-state index contributed by atoms with van der Waals surface area (Å²) < 4.78 is 0. The number of carbonyl (C=O) groups is 1. The molecule has 0 bridgehead atoms. The van der Waals surface area contributed by atoms with Crippen LogP contribution in [0.15, 0.2) is 18.2 Å². The highest BCUT2D eigenvalue weighted by Gasteiger charge is 2.38. The third-order valence-corrected chi connectivity index (χ3v) is 4.06. The fourth-order valence-electron chi connectivity index (χ4n) is 2.32. The lowest BCUT2D eigenvalue weighted by Crippen LogP contribution is -2.27. The largest absolute Gasteiger partial charge is 0.388 e. The molecule has 3 nitrogen and oxygen atoms in total. The number of aliphatic hydroxyl groups is 1. The summed E-state index contributed by atoms with van der Waals surface area (Å²) in [4.78, 5) is 11.9. The SMILES string of the molecule is CCC(C)C(O)c1ccc2c(c1)C(C)(C)C(=O)N2. The lowest BCUT2D eigenvalue weighted by Gasteiger charge is -2.20. The fraction of sp³-hybridized carbons (Fsp3) is 0.533. The van der Waals surface area contributed by atoms with E-state index >= 15 is 0 Å². The zero-order chi connectivity index (χ0) is 13.5. The van der Waals surface area contributed by atoms with Crippen molar-refractivity contribution in [3.05, 3.63) is 29.3 Å². The first kappa shape index (κ1) is 13.1. The minimum atomic E-state index is -0.513. The first-order valence-electron chi connectivity index (χ1n) is 6.52. The van der Waals surface area contributed by atoms with E-state index in [1.54, 1.807) is 0 Å². The van der Waals surface area contributed by atoms with Crippen LogP contribution in [0.3, 0.4) is 0 Å². The van der Waals surface area contributed by atoms with E-state index in [2.05, 4.69) is 12.2 Å². The molecule has 3 heteroatoms. The van der Waals surface area contributed by atoms with Crippen molar-refractivity contribution >= 4 is 11.6 Å². The van der Waals surface area contributed by atoms with E-state index < -0.39 is 11.5 Å². The molecule has 1 aromatic rings. The standard InChI is InChI=1S/C15H21NO2/c1-5-9(2)13(17)10-6-7-12-11(8-10)15(3,4)14(18)16-12/h6-9,13,17H,5H2,1-4H3,(H,16,18). The Morgan fingerprint density at radius 2 is 2.06 bits per heavy atom. The van der Waals surface area contributed by atoms with Gasteiger partial charge in [0.1, 0.15) is 0 Å². The van der Waals surface area contributed by atoms with Crippen LogP contribution < -0.4 is 5.32 Å². The summed E-state index contributed by atoms with van der Waals surface area (Å²) in [5, 5.41) is 13.1. The van der Waals surface area contributed by atoms with Crippen LogP contribution in [0.25, 0.3) is 0 Å². The van der Waals surface area contributed by atoms with Gasteiger partial charge in [0, 0.05) is 5.69 Å². The van der Waals surface area contributed by atoms with Gasteiger partial charge in [-0.25, -0.2) is 0 Å². The van der Waals surface area contributed by atoms with E-state index in [1.165, 1.54) is 0 Å². The van der Waals surface area contributed by atoms with Crippen LogP contribution in [0.5, 0.6) is 0 Å². The van der Waals surface area contributed by atoms with E-state index in [1.807, 2.05) is 39.0 Å². The number of rotatable bonds is 3. The molecule has 1 aliphatic heterocycles. The van der Waals surface area contributed by atoms with E-state index in [-0.39, 0.29) is 11.8 Å². The van der Waals surface area contributed by atoms with Gasteiger partial charge in [-0.2, -0.15) is 0 Å². The zero-order valence-electron chi connectivity index (χ0n) is 11.4. The van der Waals surface area contributed by atoms with E-state index in [0.717, 1.165) is 23.2 Å². The molecular formula is C15H21NO2. The van der Waals surface area contributed by atoms with Gasteiger partial charge in [0.2, 0.25) is 5.91 Å². The van der Waals surface area contributed by atoms with Gasteiger partial charge in [0.25, 0.3) is 0 Å². The maximum atomic E-state index is 11.9. The van der Waals surface area contributed by atoms with Gasteiger partial charge in [0.15, 0.2) is 0 Å². The highest BCUT2D eigenvalue weighted by Crippen LogP contribution is 2.39. The Balaban J connectivity index is 2.40. The molecule has 2 unspecified atom stereocenters. The number of aliphatic hydroxyl groups excluding tert-OH is 1. The van der Waals surface area contributed by atoms with Crippen molar-refractivity contribution in [3.8, 4) is 0 Å². The Kier molecular flexibility index (Phi) is 3.20. The van der Waals surface area contributed by atoms with Crippen LogP contribution in [0, 0.1) is 5.92 Å². The summed E-state index contributed by atoms with van der Waals surface area (Å²) in [5.74, 6) is 0.240. The van der Waals surface area contributed by atoms with E-state index in [4.69, 9.17) is 0 Å². The molecule has 2 atom stereocenters. The fourth-order valence-corrected chi connectivity index (χ4v) is 2.32. The van der Waals surface area contributed by atoms with Gasteiger partial charge in [-0.3, -0.25) is 4.79 Å². The Bertz CT molecular complexity index is 479. The number of hydrogen-bond acceptors (Lipinski definition) is 2. The van der Waals surface area contributed by atoms with Crippen LogP contribution in [0.1, 0.15) is 51.3 Å². The predicted octanol–water partition coefficient (Wildman–Crippen LogP) is 3.00. The maximum absolute atomic E-state index is 11.9. The molecule has 2 rings (SSSR count). The topological polar surface area (TPSA) is 49.3 Å². The van der Waals surface area contributed by atoms with Gasteiger partial charge in [-0.1, -0.05) is 32.4 Å². The van der Waals surface area contributed by atoms with E-state index in [9.17, 15) is 9.90 Å². The average molecular weight is 247 g/mol. The van der Waals surface area contributed by atoms with Crippen LogP contribution in [-0.4, -0.2) is 11.0 Å². The van der Waals surface area contributed by atoms with Crippen molar-refractivity contribution < 1.29 is 9.90 Å². The number of nitrogens with one attached hydrogen (secondary N) is 1. The van der Waals surface area contributed by atoms with Crippen molar-refractivity contribution in [3.63, 3.8) is 0 Å². The molecular weight excluding hydrogens is 226 g/mol. The third-order valence-electron chi connectivity index (χ3n) is 4.06. The monoisotopic (exact) mass is 247 g/mol. The molecule has 1 heterocycles. The number of benzene rings is 1. The molecule has 2 N–H and O–H groups in total. The number of fused-ring (bicyclic) bond motifs is 1. The van der Waals surface area contributed by atoms with Crippen LogP contribution in [0.2, 0.25) is 0 Å². The van der Waals surface area contributed by atoms with Gasteiger partial charge < -0.3 is 10.4 Å². The molecule has 0 spiro atoms. The molecule has 0 radical (unpaired) electrons. The smallest absolute Gasteiger partial charge is 0.234 e. The van der Waals surface area contributed by atoms with Gasteiger partial charge in [-0.05, 0) is 37.0 Å². The first-order chi connectivity index (χ1) is 8.37. The van der Waals surface area contributed by atoms with Crippen LogP contribution in [0.4, 0.5) is 5.69 Å². The molecule has 98 valence electrons.